The summed E-state index contributed by atoms with van der Waals surface area (Å²) in [5, 5.41) is 2.90. The van der Waals surface area contributed by atoms with Gasteiger partial charge in [0.15, 0.2) is 0 Å². The Morgan fingerprint density at radius 2 is 2.14 bits per heavy atom. The topological polar surface area (TPSA) is 55.1 Å². The third-order valence-corrected chi connectivity index (χ3v) is 2.55. The number of carbonyl (C=O) groups is 1. The standard InChI is InChI=1S/C11H14N2O/c1-7-4-2-3-5-8(7)11(14)13-10-6-9(10)12/h2-5,9-10H,6,12H2,1H3,(H,13,14). The zero-order chi connectivity index (χ0) is 10.1. The van der Waals surface area contributed by atoms with E-state index in [0.717, 1.165) is 17.5 Å². The van der Waals surface area contributed by atoms with E-state index in [4.69, 9.17) is 5.73 Å². The lowest BCUT2D eigenvalue weighted by Gasteiger charge is -2.05. The second-order valence-corrected chi connectivity index (χ2v) is 3.79. The molecule has 2 unspecified atom stereocenters. The lowest BCUT2D eigenvalue weighted by molar-refractivity contribution is 0.0949. The van der Waals surface area contributed by atoms with Gasteiger partial charge in [-0.2, -0.15) is 0 Å². The molecule has 74 valence electrons. The molecule has 0 saturated heterocycles. The summed E-state index contributed by atoms with van der Waals surface area (Å²) in [4.78, 5) is 11.7. The Kier molecular flexibility index (Phi) is 2.25. The number of nitrogens with two attached hydrogens (primary N) is 1. The van der Waals surface area contributed by atoms with Gasteiger partial charge >= 0.3 is 0 Å². The van der Waals surface area contributed by atoms with E-state index in [-0.39, 0.29) is 18.0 Å². The van der Waals surface area contributed by atoms with Gasteiger partial charge in [0.05, 0.1) is 0 Å². The maximum atomic E-state index is 11.7. The van der Waals surface area contributed by atoms with Gasteiger partial charge in [-0.25, -0.2) is 0 Å². The third kappa shape index (κ3) is 1.77. The first-order valence-electron chi connectivity index (χ1n) is 4.80. The molecule has 1 saturated carbocycles. The summed E-state index contributed by atoms with van der Waals surface area (Å²) in [6.45, 7) is 1.93. The average Bonchev–Trinajstić information content (AvgIpc) is 2.82. The van der Waals surface area contributed by atoms with Gasteiger partial charge in [-0.3, -0.25) is 4.79 Å². The van der Waals surface area contributed by atoms with Gasteiger partial charge < -0.3 is 11.1 Å². The summed E-state index contributed by atoms with van der Waals surface area (Å²) in [6, 6.07) is 7.90. The number of benzene rings is 1. The van der Waals surface area contributed by atoms with E-state index in [1.54, 1.807) is 0 Å². The molecule has 0 aliphatic heterocycles. The molecule has 1 aromatic carbocycles. The maximum Gasteiger partial charge on any atom is 0.251 e. The molecule has 1 aliphatic carbocycles. The summed E-state index contributed by atoms with van der Waals surface area (Å²) in [7, 11) is 0. The number of hydrogen-bond donors (Lipinski definition) is 2. The molecule has 0 heterocycles. The Labute approximate surface area is 83.3 Å². The van der Waals surface area contributed by atoms with Crippen LogP contribution in [0.15, 0.2) is 24.3 Å². The molecular weight excluding hydrogens is 176 g/mol. The second-order valence-electron chi connectivity index (χ2n) is 3.79. The maximum absolute atomic E-state index is 11.7. The Morgan fingerprint density at radius 3 is 2.71 bits per heavy atom. The lowest BCUT2D eigenvalue weighted by Crippen LogP contribution is -2.30. The van der Waals surface area contributed by atoms with Crippen molar-refractivity contribution in [3.63, 3.8) is 0 Å². The molecule has 1 fully saturated rings. The number of nitrogens with one attached hydrogen (secondary N) is 1. The van der Waals surface area contributed by atoms with Crippen molar-refractivity contribution in [1.82, 2.24) is 5.32 Å². The summed E-state index contributed by atoms with van der Waals surface area (Å²) < 4.78 is 0. The first kappa shape index (κ1) is 9.21. The largest absolute Gasteiger partial charge is 0.348 e. The van der Waals surface area contributed by atoms with Crippen LogP contribution in [0.5, 0.6) is 0 Å². The van der Waals surface area contributed by atoms with Crippen molar-refractivity contribution in [2.24, 2.45) is 5.73 Å². The first-order valence-corrected chi connectivity index (χ1v) is 4.80. The molecule has 2 atom stereocenters. The molecule has 1 amide bonds. The molecule has 1 aliphatic rings. The molecular formula is C11H14N2O. The predicted molar refractivity (Wildman–Crippen MR) is 55.0 cm³/mol. The van der Waals surface area contributed by atoms with Crippen LogP contribution in [-0.2, 0) is 0 Å². The SMILES string of the molecule is Cc1ccccc1C(=O)NC1CC1N. The predicted octanol–water partition coefficient (Wildman–Crippen LogP) is 0.824. The van der Waals surface area contributed by atoms with Crippen LogP contribution in [0, 0.1) is 6.92 Å². The fraction of sp³-hybridized carbons (Fsp3) is 0.364. The molecule has 0 aromatic heterocycles. The minimum absolute atomic E-state index is 0.0129. The Hall–Kier alpha value is -1.35. The van der Waals surface area contributed by atoms with Gasteiger partial charge in [0, 0.05) is 17.6 Å². The number of hydrogen-bond acceptors (Lipinski definition) is 2. The molecule has 2 rings (SSSR count). The van der Waals surface area contributed by atoms with Crippen LogP contribution in [0.1, 0.15) is 22.3 Å². The number of amides is 1. The van der Waals surface area contributed by atoms with Crippen molar-refractivity contribution in [1.29, 1.82) is 0 Å². The fourth-order valence-electron chi connectivity index (χ4n) is 1.45. The monoisotopic (exact) mass is 190 g/mol. The van der Waals surface area contributed by atoms with Crippen molar-refractivity contribution in [3.8, 4) is 0 Å². The lowest BCUT2D eigenvalue weighted by atomic mass is 10.1. The number of aryl methyl sites for hydroxylation is 1. The van der Waals surface area contributed by atoms with Crippen molar-refractivity contribution in [3.05, 3.63) is 35.4 Å². The van der Waals surface area contributed by atoms with Crippen molar-refractivity contribution in [2.75, 3.05) is 0 Å². The van der Waals surface area contributed by atoms with E-state index >= 15 is 0 Å². The Bertz CT molecular complexity index is 362. The zero-order valence-corrected chi connectivity index (χ0v) is 8.16. The summed E-state index contributed by atoms with van der Waals surface area (Å²) in [5.74, 6) is -0.0129. The number of carbonyl (C=O) groups excluding carboxylic acids is 1. The van der Waals surface area contributed by atoms with E-state index in [9.17, 15) is 4.79 Å². The van der Waals surface area contributed by atoms with Crippen LogP contribution in [0.25, 0.3) is 0 Å². The van der Waals surface area contributed by atoms with Crippen molar-refractivity contribution in [2.45, 2.75) is 25.4 Å². The summed E-state index contributed by atoms with van der Waals surface area (Å²) in [6.07, 6.45) is 0.900. The highest BCUT2D eigenvalue weighted by molar-refractivity contribution is 5.96. The van der Waals surface area contributed by atoms with E-state index < -0.39 is 0 Å². The van der Waals surface area contributed by atoms with E-state index in [0.29, 0.717) is 0 Å². The minimum Gasteiger partial charge on any atom is -0.348 e. The fourth-order valence-corrected chi connectivity index (χ4v) is 1.45. The van der Waals surface area contributed by atoms with Crippen LogP contribution in [0.2, 0.25) is 0 Å². The molecule has 0 radical (unpaired) electrons. The molecule has 0 bridgehead atoms. The highest BCUT2D eigenvalue weighted by atomic mass is 16.1. The van der Waals surface area contributed by atoms with Gasteiger partial charge in [0.2, 0.25) is 0 Å². The van der Waals surface area contributed by atoms with E-state index in [2.05, 4.69) is 5.32 Å². The molecule has 14 heavy (non-hydrogen) atoms. The average molecular weight is 190 g/mol. The molecule has 3 heteroatoms. The molecule has 3 nitrogen and oxygen atoms in total. The summed E-state index contributed by atoms with van der Waals surface area (Å²) >= 11 is 0. The van der Waals surface area contributed by atoms with Crippen LogP contribution < -0.4 is 11.1 Å². The Morgan fingerprint density at radius 1 is 1.50 bits per heavy atom. The minimum atomic E-state index is -0.0129. The van der Waals surface area contributed by atoms with Crippen LogP contribution in [0.4, 0.5) is 0 Å². The van der Waals surface area contributed by atoms with Crippen LogP contribution in [0.3, 0.4) is 0 Å². The smallest absolute Gasteiger partial charge is 0.251 e. The van der Waals surface area contributed by atoms with Gasteiger partial charge in [-0.15, -0.1) is 0 Å². The normalized spacial score (nSPS) is 24.4. The van der Waals surface area contributed by atoms with E-state index in [1.807, 2.05) is 31.2 Å². The zero-order valence-electron chi connectivity index (χ0n) is 8.16. The van der Waals surface area contributed by atoms with Crippen LogP contribution >= 0.6 is 0 Å². The van der Waals surface area contributed by atoms with Crippen molar-refractivity contribution < 1.29 is 4.79 Å². The third-order valence-electron chi connectivity index (χ3n) is 2.55. The second kappa shape index (κ2) is 3.42. The first-order chi connectivity index (χ1) is 6.68. The summed E-state index contributed by atoms with van der Waals surface area (Å²) in [5.41, 5.74) is 7.36. The van der Waals surface area contributed by atoms with Gasteiger partial charge in [0.1, 0.15) is 0 Å². The Balaban J connectivity index is 2.07. The molecule has 3 N–H and O–H groups in total. The van der Waals surface area contributed by atoms with Crippen LogP contribution in [-0.4, -0.2) is 18.0 Å². The van der Waals surface area contributed by atoms with Gasteiger partial charge in [-0.05, 0) is 25.0 Å². The van der Waals surface area contributed by atoms with E-state index in [1.165, 1.54) is 0 Å². The molecule has 0 spiro atoms. The quantitative estimate of drug-likeness (QED) is 0.725. The highest BCUT2D eigenvalue weighted by Crippen LogP contribution is 2.18. The van der Waals surface area contributed by atoms with Crippen molar-refractivity contribution >= 4 is 5.91 Å². The van der Waals surface area contributed by atoms with Gasteiger partial charge in [-0.1, -0.05) is 18.2 Å². The van der Waals surface area contributed by atoms with Gasteiger partial charge in [0.25, 0.3) is 5.91 Å². The highest BCUT2D eigenvalue weighted by Gasteiger charge is 2.34. The molecule has 1 aromatic rings. The number of rotatable bonds is 2.